The summed E-state index contributed by atoms with van der Waals surface area (Å²) in [6.07, 6.45) is 0. The van der Waals surface area contributed by atoms with Crippen molar-refractivity contribution in [2.45, 2.75) is 6.54 Å². The Morgan fingerprint density at radius 3 is 3.14 bits per heavy atom. The second-order valence-electron chi connectivity index (χ2n) is 2.51. The van der Waals surface area contributed by atoms with Crippen LogP contribution in [0.15, 0.2) is 17.0 Å². The van der Waals surface area contributed by atoms with Crippen LogP contribution in [0.25, 0.3) is 0 Å². The Kier molecular flexibility index (Phi) is 2.95. The lowest BCUT2D eigenvalue weighted by molar-refractivity contribution is 0.413. The molecular formula is C8H9N3OS2. The maximum absolute atomic E-state index is 5.19. The predicted molar refractivity (Wildman–Crippen MR) is 58.1 cm³/mol. The molecule has 74 valence electrons. The molecule has 0 aliphatic carbocycles. The van der Waals surface area contributed by atoms with E-state index in [4.69, 9.17) is 4.74 Å². The third-order valence-corrected chi connectivity index (χ3v) is 3.24. The SMILES string of the molecule is COc1ccsc1CNc1nncs1. The van der Waals surface area contributed by atoms with Gasteiger partial charge in [0.05, 0.1) is 18.5 Å². The first-order valence-electron chi connectivity index (χ1n) is 4.00. The fourth-order valence-corrected chi connectivity index (χ4v) is 2.27. The second-order valence-corrected chi connectivity index (χ2v) is 4.34. The fraction of sp³-hybridized carbons (Fsp3) is 0.250. The first-order valence-corrected chi connectivity index (χ1v) is 5.76. The average molecular weight is 227 g/mol. The summed E-state index contributed by atoms with van der Waals surface area (Å²) >= 11 is 3.15. The molecule has 0 spiro atoms. The first-order chi connectivity index (χ1) is 6.90. The van der Waals surface area contributed by atoms with Crippen molar-refractivity contribution in [2.75, 3.05) is 12.4 Å². The van der Waals surface area contributed by atoms with E-state index in [1.54, 1.807) is 24.0 Å². The number of aromatic nitrogens is 2. The highest BCUT2D eigenvalue weighted by molar-refractivity contribution is 7.13. The van der Waals surface area contributed by atoms with Crippen LogP contribution in [0, 0.1) is 0 Å². The molecule has 0 unspecified atom stereocenters. The zero-order valence-corrected chi connectivity index (χ0v) is 9.19. The number of hydrogen-bond donors (Lipinski definition) is 1. The number of methoxy groups -OCH3 is 1. The number of hydrogen-bond acceptors (Lipinski definition) is 6. The fourth-order valence-electron chi connectivity index (χ4n) is 1.05. The van der Waals surface area contributed by atoms with Crippen molar-refractivity contribution in [2.24, 2.45) is 0 Å². The van der Waals surface area contributed by atoms with Crippen LogP contribution in [-0.4, -0.2) is 17.3 Å². The standard InChI is InChI=1S/C8H9N3OS2/c1-12-6-2-3-13-7(6)4-9-8-11-10-5-14-8/h2-3,5H,4H2,1H3,(H,9,11). The van der Waals surface area contributed by atoms with E-state index in [1.165, 1.54) is 16.2 Å². The molecule has 0 aromatic carbocycles. The van der Waals surface area contributed by atoms with Crippen LogP contribution < -0.4 is 10.1 Å². The molecule has 14 heavy (non-hydrogen) atoms. The molecule has 2 aromatic heterocycles. The van der Waals surface area contributed by atoms with Crippen molar-refractivity contribution in [3.8, 4) is 5.75 Å². The smallest absolute Gasteiger partial charge is 0.205 e. The summed E-state index contributed by atoms with van der Waals surface area (Å²) in [5.41, 5.74) is 1.70. The van der Waals surface area contributed by atoms with Crippen molar-refractivity contribution in [1.29, 1.82) is 0 Å². The number of thiophene rings is 1. The third kappa shape index (κ3) is 2.02. The Morgan fingerprint density at radius 2 is 2.43 bits per heavy atom. The molecule has 2 aromatic rings. The van der Waals surface area contributed by atoms with E-state index < -0.39 is 0 Å². The van der Waals surface area contributed by atoms with Gasteiger partial charge in [0.15, 0.2) is 0 Å². The molecule has 0 saturated carbocycles. The molecule has 2 heterocycles. The zero-order chi connectivity index (χ0) is 9.80. The van der Waals surface area contributed by atoms with Crippen LogP contribution in [0.5, 0.6) is 5.75 Å². The van der Waals surface area contributed by atoms with Crippen LogP contribution in [0.1, 0.15) is 4.88 Å². The van der Waals surface area contributed by atoms with Gasteiger partial charge in [-0.2, -0.15) is 0 Å². The van der Waals surface area contributed by atoms with Gasteiger partial charge < -0.3 is 10.1 Å². The van der Waals surface area contributed by atoms with Crippen molar-refractivity contribution < 1.29 is 4.74 Å². The minimum atomic E-state index is 0.732. The number of ether oxygens (including phenoxy) is 1. The molecule has 0 atom stereocenters. The number of nitrogens with one attached hydrogen (secondary N) is 1. The minimum Gasteiger partial charge on any atom is -0.496 e. The van der Waals surface area contributed by atoms with Gasteiger partial charge >= 0.3 is 0 Å². The van der Waals surface area contributed by atoms with Crippen molar-refractivity contribution >= 4 is 27.8 Å². The van der Waals surface area contributed by atoms with Gasteiger partial charge in [0.25, 0.3) is 0 Å². The zero-order valence-electron chi connectivity index (χ0n) is 7.56. The lowest BCUT2D eigenvalue weighted by Crippen LogP contribution is -1.98. The summed E-state index contributed by atoms with van der Waals surface area (Å²) in [6.45, 7) is 0.732. The minimum absolute atomic E-state index is 0.732. The largest absolute Gasteiger partial charge is 0.496 e. The molecule has 0 radical (unpaired) electrons. The van der Waals surface area contributed by atoms with E-state index >= 15 is 0 Å². The maximum atomic E-state index is 5.19. The summed E-state index contributed by atoms with van der Waals surface area (Å²) < 4.78 is 5.19. The van der Waals surface area contributed by atoms with Gasteiger partial charge in [-0.1, -0.05) is 11.3 Å². The molecule has 0 fully saturated rings. The normalized spacial score (nSPS) is 10.1. The van der Waals surface area contributed by atoms with Gasteiger partial charge in [0, 0.05) is 0 Å². The first kappa shape index (κ1) is 9.42. The molecule has 0 aliphatic rings. The van der Waals surface area contributed by atoms with Gasteiger partial charge in [-0.25, -0.2) is 0 Å². The number of rotatable bonds is 4. The van der Waals surface area contributed by atoms with Crippen LogP contribution in [0.3, 0.4) is 0 Å². The Morgan fingerprint density at radius 1 is 1.50 bits per heavy atom. The van der Waals surface area contributed by atoms with Crippen molar-refractivity contribution in [3.05, 3.63) is 21.8 Å². The van der Waals surface area contributed by atoms with Crippen molar-refractivity contribution in [1.82, 2.24) is 10.2 Å². The third-order valence-electron chi connectivity index (χ3n) is 1.68. The predicted octanol–water partition coefficient (Wildman–Crippen LogP) is 2.22. The van der Waals surface area contributed by atoms with E-state index in [1.807, 2.05) is 11.4 Å². The molecule has 1 N–H and O–H groups in total. The summed E-state index contributed by atoms with van der Waals surface area (Å²) in [5, 5.41) is 13.7. The van der Waals surface area contributed by atoms with Crippen LogP contribution in [-0.2, 0) is 6.54 Å². The summed E-state index contributed by atoms with van der Waals surface area (Å²) in [5.74, 6) is 0.923. The Hall–Kier alpha value is -1.14. The van der Waals surface area contributed by atoms with Crippen LogP contribution in [0.4, 0.5) is 5.13 Å². The molecule has 0 aliphatic heterocycles. The molecule has 0 saturated heterocycles. The Balaban J connectivity index is 1.98. The van der Waals surface area contributed by atoms with E-state index in [0.717, 1.165) is 17.4 Å². The lowest BCUT2D eigenvalue weighted by Gasteiger charge is -2.02. The molecule has 4 nitrogen and oxygen atoms in total. The highest BCUT2D eigenvalue weighted by Crippen LogP contribution is 2.25. The van der Waals surface area contributed by atoms with Gasteiger partial charge in [-0.05, 0) is 11.4 Å². The van der Waals surface area contributed by atoms with Crippen LogP contribution >= 0.6 is 22.7 Å². The maximum Gasteiger partial charge on any atom is 0.205 e. The van der Waals surface area contributed by atoms with Gasteiger partial charge in [-0.15, -0.1) is 21.5 Å². The number of anilines is 1. The Labute approximate surface area is 89.6 Å². The summed E-state index contributed by atoms with van der Waals surface area (Å²) in [7, 11) is 1.68. The highest BCUT2D eigenvalue weighted by Gasteiger charge is 2.04. The van der Waals surface area contributed by atoms with Crippen molar-refractivity contribution in [3.63, 3.8) is 0 Å². The van der Waals surface area contributed by atoms with E-state index in [-0.39, 0.29) is 0 Å². The highest BCUT2D eigenvalue weighted by atomic mass is 32.1. The second kappa shape index (κ2) is 4.39. The molecule has 2 rings (SSSR count). The number of nitrogens with zero attached hydrogens (tertiary/aromatic N) is 2. The molecule has 6 heteroatoms. The van der Waals surface area contributed by atoms with Gasteiger partial charge in [0.1, 0.15) is 11.3 Å². The van der Waals surface area contributed by atoms with E-state index in [0.29, 0.717) is 0 Å². The summed E-state index contributed by atoms with van der Waals surface area (Å²) in [4.78, 5) is 1.17. The average Bonchev–Trinajstić information content (AvgIpc) is 2.85. The monoisotopic (exact) mass is 227 g/mol. The van der Waals surface area contributed by atoms with Gasteiger partial charge in [0.2, 0.25) is 5.13 Å². The summed E-state index contributed by atoms with van der Waals surface area (Å²) in [6, 6.07) is 1.96. The van der Waals surface area contributed by atoms with Gasteiger partial charge in [-0.3, -0.25) is 0 Å². The van der Waals surface area contributed by atoms with E-state index in [2.05, 4.69) is 15.5 Å². The molecular weight excluding hydrogens is 218 g/mol. The van der Waals surface area contributed by atoms with E-state index in [9.17, 15) is 0 Å². The quantitative estimate of drug-likeness (QED) is 0.870. The molecule has 0 bridgehead atoms. The lowest BCUT2D eigenvalue weighted by atomic mass is 10.4. The Bertz CT molecular complexity index is 385. The molecule has 0 amide bonds. The topological polar surface area (TPSA) is 47.0 Å². The van der Waals surface area contributed by atoms with Crippen LogP contribution in [0.2, 0.25) is 0 Å².